The van der Waals surface area contributed by atoms with Crippen LogP contribution in [0.1, 0.15) is 40.5 Å². The molecule has 0 N–H and O–H groups in total. The molecule has 1 heterocycles. The van der Waals surface area contributed by atoms with E-state index in [1.165, 1.54) is 4.90 Å². The molecule has 0 aromatic carbocycles. The Morgan fingerprint density at radius 3 is 2.60 bits per heavy atom. The molecule has 0 bridgehead atoms. The van der Waals surface area contributed by atoms with Crippen molar-refractivity contribution in [2.75, 3.05) is 6.54 Å². The molecule has 0 radical (unpaired) electrons. The van der Waals surface area contributed by atoms with Gasteiger partial charge in [0.2, 0.25) is 0 Å². The van der Waals surface area contributed by atoms with E-state index >= 15 is 0 Å². The molecule has 0 saturated carbocycles. The van der Waals surface area contributed by atoms with Gasteiger partial charge in [0.25, 0.3) is 0 Å². The summed E-state index contributed by atoms with van der Waals surface area (Å²) in [7, 11) is 0. The van der Waals surface area contributed by atoms with Crippen LogP contribution in [0.3, 0.4) is 0 Å². The summed E-state index contributed by atoms with van der Waals surface area (Å²) < 4.78 is 5.23. The summed E-state index contributed by atoms with van der Waals surface area (Å²) in [5.74, 6) is 0.118. The van der Waals surface area contributed by atoms with Gasteiger partial charge in [0.1, 0.15) is 5.60 Å². The topological polar surface area (TPSA) is 46.6 Å². The van der Waals surface area contributed by atoms with Crippen molar-refractivity contribution in [3.8, 4) is 0 Å². The first kappa shape index (κ1) is 12.0. The van der Waals surface area contributed by atoms with Gasteiger partial charge in [-0.1, -0.05) is 0 Å². The maximum absolute atomic E-state index is 11.7. The molecule has 86 valence electrons. The van der Waals surface area contributed by atoms with Crippen molar-refractivity contribution in [2.45, 2.75) is 52.2 Å². The molecular weight excluding hydrogens is 194 g/mol. The Bertz CT molecular complexity index is 267. The Labute approximate surface area is 90.6 Å². The number of carbonyl (C=O) groups is 2. The van der Waals surface area contributed by atoms with E-state index < -0.39 is 5.60 Å². The van der Waals surface area contributed by atoms with E-state index in [2.05, 4.69) is 0 Å². The van der Waals surface area contributed by atoms with Gasteiger partial charge in [-0.25, -0.2) is 4.79 Å². The number of ether oxygens (including phenoxy) is 1. The van der Waals surface area contributed by atoms with Gasteiger partial charge < -0.3 is 4.74 Å². The Morgan fingerprint density at radius 2 is 2.07 bits per heavy atom. The van der Waals surface area contributed by atoms with Crippen LogP contribution in [-0.2, 0) is 9.53 Å². The average molecular weight is 213 g/mol. The van der Waals surface area contributed by atoms with Gasteiger partial charge in [0.15, 0.2) is 5.78 Å². The van der Waals surface area contributed by atoms with Crippen molar-refractivity contribution in [2.24, 2.45) is 0 Å². The van der Waals surface area contributed by atoms with E-state index in [4.69, 9.17) is 4.74 Å². The maximum Gasteiger partial charge on any atom is 0.410 e. The number of piperidine rings is 1. The zero-order chi connectivity index (χ0) is 11.6. The summed E-state index contributed by atoms with van der Waals surface area (Å²) in [5, 5.41) is 0. The largest absolute Gasteiger partial charge is 0.444 e. The van der Waals surface area contributed by atoms with Gasteiger partial charge >= 0.3 is 6.09 Å². The summed E-state index contributed by atoms with van der Waals surface area (Å²) in [4.78, 5) is 24.7. The summed E-state index contributed by atoms with van der Waals surface area (Å²) in [6.07, 6.45) is 0.922. The summed E-state index contributed by atoms with van der Waals surface area (Å²) >= 11 is 0. The van der Waals surface area contributed by atoms with Gasteiger partial charge in [-0.05, 0) is 34.1 Å². The van der Waals surface area contributed by atoms with Gasteiger partial charge in [0.05, 0.1) is 6.04 Å². The van der Waals surface area contributed by atoms with Crippen LogP contribution in [0.15, 0.2) is 0 Å². The second-order valence-corrected chi connectivity index (χ2v) is 4.92. The first-order chi connectivity index (χ1) is 6.81. The maximum atomic E-state index is 11.7. The highest BCUT2D eigenvalue weighted by Crippen LogP contribution is 2.17. The second-order valence-electron chi connectivity index (χ2n) is 4.92. The number of likely N-dealkylation sites (tertiary alicyclic amines) is 1. The molecule has 15 heavy (non-hydrogen) atoms. The first-order valence-corrected chi connectivity index (χ1v) is 5.33. The molecule has 0 aliphatic carbocycles. The number of hydrogen-bond donors (Lipinski definition) is 0. The minimum absolute atomic E-state index is 0.118. The van der Waals surface area contributed by atoms with Crippen molar-refractivity contribution in [1.82, 2.24) is 4.90 Å². The molecule has 1 amide bonds. The fourth-order valence-electron chi connectivity index (χ4n) is 1.57. The van der Waals surface area contributed by atoms with Crippen molar-refractivity contribution in [1.29, 1.82) is 0 Å². The number of carbonyl (C=O) groups excluding carboxylic acids is 2. The van der Waals surface area contributed by atoms with Crippen LogP contribution in [0.25, 0.3) is 0 Å². The van der Waals surface area contributed by atoms with E-state index in [9.17, 15) is 9.59 Å². The lowest BCUT2D eigenvalue weighted by Gasteiger charge is -2.33. The Morgan fingerprint density at radius 1 is 1.47 bits per heavy atom. The number of hydrogen-bond acceptors (Lipinski definition) is 3. The van der Waals surface area contributed by atoms with Crippen LogP contribution < -0.4 is 0 Å². The van der Waals surface area contributed by atoms with Gasteiger partial charge in [-0.3, -0.25) is 9.69 Å². The third kappa shape index (κ3) is 3.22. The van der Waals surface area contributed by atoms with Crippen LogP contribution in [0, 0.1) is 0 Å². The number of Topliss-reactive ketones (excluding diaryl/α,β-unsaturated/α-hetero) is 1. The zero-order valence-corrected chi connectivity index (χ0v) is 9.87. The zero-order valence-electron chi connectivity index (χ0n) is 9.87. The molecule has 4 nitrogen and oxygen atoms in total. The molecule has 1 rings (SSSR count). The highest BCUT2D eigenvalue weighted by molar-refractivity contribution is 5.88. The standard InChI is InChI=1S/C11H19NO3/c1-8-9(13)6-5-7-12(8)10(14)15-11(2,3)4/h8H,5-7H2,1-4H3/t8-/m1/s1. The first-order valence-electron chi connectivity index (χ1n) is 5.33. The number of rotatable bonds is 0. The minimum atomic E-state index is -0.503. The molecule has 1 aliphatic heterocycles. The van der Waals surface area contributed by atoms with Gasteiger partial charge in [-0.15, -0.1) is 0 Å². The van der Waals surface area contributed by atoms with Crippen molar-refractivity contribution in [3.05, 3.63) is 0 Å². The van der Waals surface area contributed by atoms with Gasteiger partial charge in [0, 0.05) is 13.0 Å². The van der Waals surface area contributed by atoms with Crippen LogP contribution in [0.4, 0.5) is 4.79 Å². The quantitative estimate of drug-likeness (QED) is 0.618. The van der Waals surface area contributed by atoms with E-state index in [0.29, 0.717) is 13.0 Å². The molecule has 0 aromatic heterocycles. The molecule has 1 fully saturated rings. The minimum Gasteiger partial charge on any atom is -0.444 e. The summed E-state index contributed by atoms with van der Waals surface area (Å²) in [6, 6.07) is -0.339. The summed E-state index contributed by atoms with van der Waals surface area (Å²) in [5.41, 5.74) is -0.503. The molecule has 0 spiro atoms. The van der Waals surface area contributed by atoms with Crippen molar-refractivity contribution < 1.29 is 14.3 Å². The SMILES string of the molecule is C[C@@H]1C(=O)CCCN1C(=O)OC(C)(C)C. The predicted molar refractivity (Wildman–Crippen MR) is 56.6 cm³/mol. The molecule has 1 saturated heterocycles. The Kier molecular flexibility index (Phi) is 3.37. The molecule has 0 unspecified atom stereocenters. The summed E-state index contributed by atoms with van der Waals surface area (Å²) in [6.45, 7) is 7.83. The Hall–Kier alpha value is -1.06. The number of amides is 1. The van der Waals surface area contributed by atoms with E-state index in [1.54, 1.807) is 6.92 Å². The van der Waals surface area contributed by atoms with Crippen molar-refractivity contribution in [3.63, 3.8) is 0 Å². The highest BCUT2D eigenvalue weighted by Gasteiger charge is 2.32. The normalized spacial score (nSPS) is 22.8. The fourth-order valence-corrected chi connectivity index (χ4v) is 1.57. The van der Waals surface area contributed by atoms with Crippen LogP contribution >= 0.6 is 0 Å². The lowest BCUT2D eigenvalue weighted by atomic mass is 10.0. The van der Waals surface area contributed by atoms with Crippen LogP contribution in [-0.4, -0.2) is 35.0 Å². The lowest BCUT2D eigenvalue weighted by Crippen LogP contribution is -2.49. The van der Waals surface area contributed by atoms with E-state index in [-0.39, 0.29) is 17.9 Å². The second kappa shape index (κ2) is 4.21. The highest BCUT2D eigenvalue weighted by atomic mass is 16.6. The molecule has 0 aromatic rings. The molecule has 4 heteroatoms. The lowest BCUT2D eigenvalue weighted by molar-refractivity contribution is -0.126. The number of nitrogens with zero attached hydrogens (tertiary/aromatic N) is 1. The van der Waals surface area contributed by atoms with Crippen LogP contribution in [0.5, 0.6) is 0 Å². The van der Waals surface area contributed by atoms with Gasteiger partial charge in [-0.2, -0.15) is 0 Å². The fraction of sp³-hybridized carbons (Fsp3) is 0.818. The van der Waals surface area contributed by atoms with E-state index in [1.807, 2.05) is 20.8 Å². The third-order valence-electron chi connectivity index (χ3n) is 2.38. The predicted octanol–water partition coefficient (Wildman–Crippen LogP) is 1.97. The molecule has 1 aliphatic rings. The third-order valence-corrected chi connectivity index (χ3v) is 2.38. The monoisotopic (exact) mass is 213 g/mol. The smallest absolute Gasteiger partial charge is 0.410 e. The van der Waals surface area contributed by atoms with E-state index in [0.717, 1.165) is 6.42 Å². The number of ketones is 1. The van der Waals surface area contributed by atoms with Crippen LogP contribution in [0.2, 0.25) is 0 Å². The molecule has 1 atom stereocenters. The average Bonchev–Trinajstić information content (AvgIpc) is 2.06. The Balaban J connectivity index is 2.63. The molecular formula is C11H19NO3. The van der Waals surface area contributed by atoms with Crippen molar-refractivity contribution >= 4 is 11.9 Å².